The van der Waals surface area contributed by atoms with E-state index in [0.29, 0.717) is 22.1 Å². The lowest BCUT2D eigenvalue weighted by Gasteiger charge is -2.40. The van der Waals surface area contributed by atoms with E-state index >= 15 is 0 Å². The third kappa shape index (κ3) is 3.63. The van der Waals surface area contributed by atoms with Gasteiger partial charge in [0.15, 0.2) is 5.82 Å². The Morgan fingerprint density at radius 3 is 2.58 bits per heavy atom. The molecule has 1 fully saturated rings. The molecule has 3 aromatic rings. The van der Waals surface area contributed by atoms with Gasteiger partial charge in [-0.1, -0.05) is 36.6 Å². The van der Waals surface area contributed by atoms with Crippen LogP contribution in [0, 0.1) is 5.82 Å². The summed E-state index contributed by atoms with van der Waals surface area (Å²) in [6.07, 6.45) is 6.65. The van der Waals surface area contributed by atoms with Crippen molar-refractivity contribution < 1.29 is 9.18 Å². The molecular formula is C24H24ClFN4O. The summed E-state index contributed by atoms with van der Waals surface area (Å²) in [7, 11) is 0. The minimum absolute atomic E-state index is 0.0706. The molecule has 1 N–H and O–H groups in total. The number of halogens is 2. The van der Waals surface area contributed by atoms with Crippen molar-refractivity contribution in [2.75, 3.05) is 5.32 Å². The van der Waals surface area contributed by atoms with E-state index in [0.717, 1.165) is 62.9 Å². The van der Waals surface area contributed by atoms with Gasteiger partial charge in [-0.25, -0.2) is 4.39 Å². The zero-order valence-corrected chi connectivity index (χ0v) is 18.0. The van der Waals surface area contributed by atoms with Crippen LogP contribution in [0.2, 0.25) is 5.02 Å². The number of aryl methyl sites for hydroxylation is 1. The number of amides is 1. The lowest BCUT2D eigenvalue weighted by Crippen LogP contribution is -2.46. The van der Waals surface area contributed by atoms with E-state index in [2.05, 4.69) is 15.5 Å². The summed E-state index contributed by atoms with van der Waals surface area (Å²) in [5, 5.41) is 12.2. The first-order chi connectivity index (χ1) is 15.1. The van der Waals surface area contributed by atoms with Crippen molar-refractivity contribution in [3.8, 4) is 11.4 Å². The molecule has 0 radical (unpaired) electrons. The molecule has 1 amide bonds. The second kappa shape index (κ2) is 8.08. The largest absolute Gasteiger partial charge is 0.325 e. The van der Waals surface area contributed by atoms with Crippen LogP contribution in [-0.2, 0) is 23.2 Å². The Kier molecular flexibility index (Phi) is 5.26. The minimum Gasteiger partial charge on any atom is -0.325 e. The minimum atomic E-state index is -0.564. The molecule has 5 rings (SSSR count). The molecule has 5 nitrogen and oxygen atoms in total. The lowest BCUT2D eigenvalue weighted by molar-refractivity contribution is -0.124. The Bertz CT molecular complexity index is 1120. The molecule has 31 heavy (non-hydrogen) atoms. The van der Waals surface area contributed by atoms with E-state index in [1.807, 2.05) is 28.8 Å². The summed E-state index contributed by atoms with van der Waals surface area (Å²) in [4.78, 5) is 13.3. The van der Waals surface area contributed by atoms with E-state index in [9.17, 15) is 9.18 Å². The number of benzene rings is 2. The van der Waals surface area contributed by atoms with Crippen molar-refractivity contribution in [1.82, 2.24) is 14.8 Å². The summed E-state index contributed by atoms with van der Waals surface area (Å²) >= 11 is 6.02. The maximum absolute atomic E-state index is 14.7. The van der Waals surface area contributed by atoms with Crippen molar-refractivity contribution in [3.05, 3.63) is 64.7 Å². The molecule has 0 saturated heterocycles. The van der Waals surface area contributed by atoms with Gasteiger partial charge >= 0.3 is 0 Å². The zero-order valence-electron chi connectivity index (χ0n) is 17.2. The third-order valence-corrected chi connectivity index (χ3v) is 6.87. The number of carbonyl (C=O) groups excluding carboxylic acids is 1. The van der Waals surface area contributed by atoms with Crippen molar-refractivity contribution >= 4 is 23.2 Å². The van der Waals surface area contributed by atoms with Crippen LogP contribution in [0.1, 0.15) is 49.9 Å². The van der Waals surface area contributed by atoms with Gasteiger partial charge in [0.05, 0.1) is 11.0 Å². The van der Waals surface area contributed by atoms with Crippen LogP contribution in [0.5, 0.6) is 0 Å². The third-order valence-electron chi connectivity index (χ3n) is 6.61. The summed E-state index contributed by atoms with van der Waals surface area (Å²) in [5.41, 5.74) is 1.33. The molecular weight excluding hydrogens is 415 g/mol. The van der Waals surface area contributed by atoms with Gasteiger partial charge in [0.1, 0.15) is 11.6 Å². The first-order valence-corrected chi connectivity index (χ1v) is 11.2. The van der Waals surface area contributed by atoms with Crippen LogP contribution in [0.15, 0.2) is 42.5 Å². The maximum Gasteiger partial charge on any atom is 0.235 e. The average molecular weight is 439 g/mol. The molecule has 2 aliphatic rings. The summed E-state index contributed by atoms with van der Waals surface area (Å²) in [6.45, 7) is 0.785. The highest BCUT2D eigenvalue weighted by Gasteiger charge is 2.45. The van der Waals surface area contributed by atoms with Gasteiger partial charge in [0.25, 0.3) is 0 Å². The van der Waals surface area contributed by atoms with Crippen molar-refractivity contribution in [3.63, 3.8) is 0 Å². The Hall–Kier alpha value is -2.73. The van der Waals surface area contributed by atoms with Gasteiger partial charge in [-0.05, 0) is 61.6 Å². The highest BCUT2D eigenvalue weighted by Crippen LogP contribution is 2.45. The van der Waals surface area contributed by atoms with Gasteiger partial charge < -0.3 is 9.88 Å². The predicted molar refractivity (Wildman–Crippen MR) is 119 cm³/mol. The Labute approximate surface area is 185 Å². The monoisotopic (exact) mass is 438 g/mol. The highest BCUT2D eigenvalue weighted by atomic mass is 35.5. The predicted octanol–water partition coefficient (Wildman–Crippen LogP) is 5.52. The topological polar surface area (TPSA) is 59.8 Å². The van der Waals surface area contributed by atoms with Gasteiger partial charge in [-0.2, -0.15) is 0 Å². The Balaban J connectivity index is 1.44. The van der Waals surface area contributed by atoms with E-state index in [-0.39, 0.29) is 11.7 Å². The fraction of sp³-hybridized carbons (Fsp3) is 0.375. The van der Waals surface area contributed by atoms with Crippen LogP contribution in [0.25, 0.3) is 11.4 Å². The molecule has 0 unspecified atom stereocenters. The quantitative estimate of drug-likeness (QED) is 0.583. The number of aromatic nitrogens is 3. The molecule has 0 bridgehead atoms. The molecule has 0 spiro atoms. The molecule has 1 aliphatic carbocycles. The number of hydrogen-bond acceptors (Lipinski definition) is 3. The fourth-order valence-electron chi connectivity index (χ4n) is 4.66. The number of fused-ring (bicyclic) bond motifs is 1. The summed E-state index contributed by atoms with van der Waals surface area (Å²) < 4.78 is 16.8. The fourth-order valence-corrected chi connectivity index (χ4v) is 4.78. The van der Waals surface area contributed by atoms with Crippen molar-refractivity contribution in [1.29, 1.82) is 0 Å². The van der Waals surface area contributed by atoms with E-state index in [1.165, 1.54) is 6.07 Å². The molecule has 1 aromatic heterocycles. The molecule has 1 saturated carbocycles. The van der Waals surface area contributed by atoms with E-state index < -0.39 is 5.41 Å². The second-order valence-corrected chi connectivity index (χ2v) is 8.93. The molecule has 160 valence electrons. The second-order valence-electron chi connectivity index (χ2n) is 8.49. The number of nitrogens with zero attached hydrogens (tertiary/aromatic N) is 3. The highest BCUT2D eigenvalue weighted by molar-refractivity contribution is 6.30. The van der Waals surface area contributed by atoms with Crippen LogP contribution < -0.4 is 5.32 Å². The maximum atomic E-state index is 14.7. The number of hydrogen-bond donors (Lipinski definition) is 1. The molecule has 2 heterocycles. The van der Waals surface area contributed by atoms with Crippen LogP contribution >= 0.6 is 11.6 Å². The average Bonchev–Trinajstić information content (AvgIpc) is 2.97. The van der Waals surface area contributed by atoms with E-state index in [4.69, 9.17) is 11.6 Å². The molecule has 2 aromatic carbocycles. The number of rotatable bonds is 4. The first kappa shape index (κ1) is 20.2. The Morgan fingerprint density at radius 1 is 1.03 bits per heavy atom. The normalized spacial score (nSPS) is 17.4. The number of anilines is 1. The van der Waals surface area contributed by atoms with Gasteiger partial charge in [-0.15, -0.1) is 10.2 Å². The van der Waals surface area contributed by atoms with Crippen LogP contribution in [0.4, 0.5) is 10.1 Å². The van der Waals surface area contributed by atoms with E-state index in [1.54, 1.807) is 12.1 Å². The summed E-state index contributed by atoms with van der Waals surface area (Å²) in [6, 6.07) is 12.1. The smallest absolute Gasteiger partial charge is 0.235 e. The number of carbonyl (C=O) groups is 1. The van der Waals surface area contributed by atoms with Crippen LogP contribution in [0.3, 0.4) is 0 Å². The van der Waals surface area contributed by atoms with Crippen molar-refractivity contribution in [2.45, 2.75) is 56.9 Å². The van der Waals surface area contributed by atoms with Gasteiger partial charge in [0, 0.05) is 23.7 Å². The van der Waals surface area contributed by atoms with Crippen molar-refractivity contribution in [2.24, 2.45) is 0 Å². The van der Waals surface area contributed by atoms with Gasteiger partial charge in [0.2, 0.25) is 5.91 Å². The Morgan fingerprint density at radius 2 is 1.84 bits per heavy atom. The van der Waals surface area contributed by atoms with Crippen LogP contribution in [-0.4, -0.2) is 20.7 Å². The molecule has 1 aliphatic heterocycles. The lowest BCUT2D eigenvalue weighted by atomic mass is 9.64. The first-order valence-electron chi connectivity index (χ1n) is 10.9. The van der Waals surface area contributed by atoms with Gasteiger partial charge in [-0.3, -0.25) is 4.79 Å². The molecule has 0 atom stereocenters. The summed E-state index contributed by atoms with van der Waals surface area (Å²) in [5.74, 6) is 0.992. The zero-order chi connectivity index (χ0) is 21.4. The molecule has 7 heteroatoms. The SMILES string of the molecule is O=C(Nc1ccc(F)c(-c2nnc3n2CCCCC3)c1)C1(c2ccc(Cl)cc2)CCC1. The standard InChI is InChI=1S/C24H24ClFN4O/c25-17-8-6-16(7-9-17)24(12-4-13-24)23(31)27-18-10-11-20(26)19(15-18)22-29-28-21-5-2-1-3-14-30(21)22/h6-11,15H,1-5,12-14H2,(H,27,31). The number of nitrogens with one attached hydrogen (secondary N) is 1.